The number of carbonyl (C=O) groups excluding carboxylic acids is 1. The largest absolute Gasteiger partial charge is 0.336 e. The fourth-order valence-corrected chi connectivity index (χ4v) is 2.02. The highest BCUT2D eigenvalue weighted by Gasteiger charge is 2.17. The van der Waals surface area contributed by atoms with Crippen LogP contribution in [-0.4, -0.2) is 24.7 Å². The highest BCUT2D eigenvalue weighted by Crippen LogP contribution is 2.17. The Kier molecular flexibility index (Phi) is 5.47. The predicted octanol–water partition coefficient (Wildman–Crippen LogP) is 1.36. The number of hydrogen-bond acceptors (Lipinski definition) is 2. The van der Waals surface area contributed by atoms with Crippen molar-refractivity contribution in [1.82, 2.24) is 10.6 Å². The number of amides is 2. The first-order valence-corrected chi connectivity index (χ1v) is 5.99. The van der Waals surface area contributed by atoms with Crippen molar-refractivity contribution in [2.45, 2.75) is 57.5 Å². The van der Waals surface area contributed by atoms with Gasteiger partial charge < -0.3 is 16.4 Å². The Morgan fingerprint density at radius 2 is 2.13 bits per heavy atom. The first kappa shape index (κ1) is 12.3. The van der Waals surface area contributed by atoms with Gasteiger partial charge in [0.05, 0.1) is 0 Å². The topological polar surface area (TPSA) is 67.1 Å². The summed E-state index contributed by atoms with van der Waals surface area (Å²) >= 11 is 0. The molecule has 0 bridgehead atoms. The molecule has 1 unspecified atom stereocenters. The predicted molar refractivity (Wildman–Crippen MR) is 61.7 cm³/mol. The van der Waals surface area contributed by atoms with Crippen molar-refractivity contribution in [1.29, 1.82) is 0 Å². The Morgan fingerprint density at radius 1 is 1.47 bits per heavy atom. The summed E-state index contributed by atoms with van der Waals surface area (Å²) in [7, 11) is 0. The van der Waals surface area contributed by atoms with Crippen molar-refractivity contribution in [2.24, 2.45) is 5.73 Å². The second-order valence-electron chi connectivity index (χ2n) is 4.43. The molecular weight excluding hydrogens is 190 g/mol. The van der Waals surface area contributed by atoms with Gasteiger partial charge in [-0.3, -0.25) is 0 Å². The normalized spacial score (nSPS) is 18.8. The zero-order chi connectivity index (χ0) is 11.1. The van der Waals surface area contributed by atoms with Crippen LogP contribution in [0.5, 0.6) is 0 Å². The van der Waals surface area contributed by atoms with Crippen LogP contribution in [0.1, 0.15) is 45.4 Å². The molecule has 1 saturated carbocycles. The lowest BCUT2D eigenvalue weighted by Crippen LogP contribution is -2.44. The van der Waals surface area contributed by atoms with Crippen LogP contribution in [0.15, 0.2) is 0 Å². The fraction of sp³-hybridized carbons (Fsp3) is 0.909. The van der Waals surface area contributed by atoms with Crippen LogP contribution in [0.25, 0.3) is 0 Å². The molecule has 0 heterocycles. The van der Waals surface area contributed by atoms with E-state index in [0.29, 0.717) is 12.6 Å². The van der Waals surface area contributed by atoms with Gasteiger partial charge in [-0.15, -0.1) is 0 Å². The summed E-state index contributed by atoms with van der Waals surface area (Å²) in [6, 6.07) is 0.591. The Hall–Kier alpha value is -0.770. The van der Waals surface area contributed by atoms with Gasteiger partial charge in [-0.05, 0) is 39.2 Å². The smallest absolute Gasteiger partial charge is 0.315 e. The molecule has 88 valence electrons. The van der Waals surface area contributed by atoms with E-state index in [1.165, 1.54) is 12.8 Å². The van der Waals surface area contributed by atoms with E-state index >= 15 is 0 Å². The second-order valence-corrected chi connectivity index (χ2v) is 4.43. The van der Waals surface area contributed by atoms with Crippen LogP contribution in [0.2, 0.25) is 0 Å². The van der Waals surface area contributed by atoms with Gasteiger partial charge in [0.2, 0.25) is 0 Å². The number of nitrogens with one attached hydrogen (secondary N) is 2. The molecule has 1 fully saturated rings. The van der Waals surface area contributed by atoms with Gasteiger partial charge in [0.1, 0.15) is 0 Å². The third-order valence-corrected chi connectivity index (χ3v) is 2.91. The third kappa shape index (κ3) is 5.02. The van der Waals surface area contributed by atoms with Gasteiger partial charge >= 0.3 is 6.03 Å². The number of hydrogen-bond donors (Lipinski definition) is 3. The van der Waals surface area contributed by atoms with Gasteiger partial charge in [-0.1, -0.05) is 12.8 Å². The molecule has 0 aromatic rings. The minimum Gasteiger partial charge on any atom is -0.336 e. The van der Waals surface area contributed by atoms with E-state index in [4.69, 9.17) is 5.73 Å². The van der Waals surface area contributed by atoms with Crippen molar-refractivity contribution in [2.75, 3.05) is 6.54 Å². The number of urea groups is 1. The lowest BCUT2D eigenvalue weighted by Gasteiger charge is -2.17. The Labute approximate surface area is 92.0 Å². The van der Waals surface area contributed by atoms with Gasteiger partial charge in [0.15, 0.2) is 0 Å². The molecule has 0 aromatic carbocycles. The number of carbonyl (C=O) groups is 1. The van der Waals surface area contributed by atoms with E-state index in [0.717, 1.165) is 25.7 Å². The molecule has 0 aliphatic heterocycles. The monoisotopic (exact) mass is 213 g/mol. The Balaban J connectivity index is 2.11. The molecule has 1 aliphatic carbocycles. The molecule has 4 nitrogen and oxygen atoms in total. The van der Waals surface area contributed by atoms with E-state index in [2.05, 4.69) is 10.6 Å². The van der Waals surface area contributed by atoms with E-state index in [9.17, 15) is 4.79 Å². The first-order chi connectivity index (χ1) is 7.22. The molecule has 0 saturated heterocycles. The maximum atomic E-state index is 11.5. The van der Waals surface area contributed by atoms with Crippen molar-refractivity contribution in [3.05, 3.63) is 0 Å². The maximum absolute atomic E-state index is 11.5. The van der Waals surface area contributed by atoms with Crippen molar-refractivity contribution in [3.63, 3.8) is 0 Å². The molecule has 0 spiro atoms. The minimum atomic E-state index is -0.0218. The summed E-state index contributed by atoms with van der Waals surface area (Å²) in [5.41, 5.74) is 5.41. The summed E-state index contributed by atoms with van der Waals surface area (Å²) in [5.74, 6) is 0. The average molecular weight is 213 g/mol. The van der Waals surface area contributed by atoms with E-state index < -0.39 is 0 Å². The number of nitrogens with two attached hydrogens (primary N) is 1. The summed E-state index contributed by atoms with van der Waals surface area (Å²) in [6.45, 7) is 2.71. The van der Waals surface area contributed by atoms with Gasteiger partial charge in [-0.2, -0.15) is 0 Å². The quantitative estimate of drug-likeness (QED) is 0.645. The second kappa shape index (κ2) is 6.67. The highest BCUT2D eigenvalue weighted by atomic mass is 16.2. The molecule has 4 N–H and O–H groups in total. The molecule has 0 aromatic heterocycles. The average Bonchev–Trinajstić information content (AvgIpc) is 2.67. The van der Waals surface area contributed by atoms with Crippen molar-refractivity contribution >= 4 is 6.03 Å². The third-order valence-electron chi connectivity index (χ3n) is 2.91. The molecular formula is C11H23N3O. The Morgan fingerprint density at radius 3 is 2.73 bits per heavy atom. The van der Waals surface area contributed by atoms with Crippen LogP contribution in [0.3, 0.4) is 0 Å². The van der Waals surface area contributed by atoms with Gasteiger partial charge in [0.25, 0.3) is 0 Å². The van der Waals surface area contributed by atoms with Crippen LogP contribution >= 0.6 is 0 Å². The van der Waals surface area contributed by atoms with Crippen LogP contribution in [0, 0.1) is 0 Å². The summed E-state index contributed by atoms with van der Waals surface area (Å²) in [4.78, 5) is 11.5. The van der Waals surface area contributed by atoms with E-state index in [-0.39, 0.29) is 12.1 Å². The van der Waals surface area contributed by atoms with Crippen LogP contribution < -0.4 is 16.4 Å². The highest BCUT2D eigenvalue weighted by molar-refractivity contribution is 5.74. The van der Waals surface area contributed by atoms with Crippen molar-refractivity contribution in [3.8, 4) is 0 Å². The lowest BCUT2D eigenvalue weighted by atomic mass is 10.2. The zero-order valence-corrected chi connectivity index (χ0v) is 9.59. The summed E-state index contributed by atoms with van der Waals surface area (Å²) in [6.07, 6.45) is 6.66. The maximum Gasteiger partial charge on any atom is 0.315 e. The van der Waals surface area contributed by atoms with Gasteiger partial charge in [-0.25, -0.2) is 4.79 Å². The number of rotatable bonds is 5. The van der Waals surface area contributed by atoms with Crippen LogP contribution in [0.4, 0.5) is 4.79 Å². The Bertz CT molecular complexity index is 190. The molecule has 15 heavy (non-hydrogen) atoms. The first-order valence-electron chi connectivity index (χ1n) is 5.99. The minimum absolute atomic E-state index is 0.0218. The standard InChI is InChI=1S/C11H23N3O/c1-9(5-4-8-12)13-11(15)14-10-6-2-3-7-10/h9-10H,2-8,12H2,1H3,(H2,13,14,15). The molecule has 0 radical (unpaired) electrons. The molecule has 1 aliphatic rings. The summed E-state index contributed by atoms with van der Waals surface area (Å²) in [5, 5.41) is 5.94. The van der Waals surface area contributed by atoms with Crippen LogP contribution in [-0.2, 0) is 0 Å². The molecule has 1 rings (SSSR count). The summed E-state index contributed by atoms with van der Waals surface area (Å²) < 4.78 is 0. The van der Waals surface area contributed by atoms with E-state index in [1.807, 2.05) is 6.92 Å². The molecule has 4 heteroatoms. The van der Waals surface area contributed by atoms with Crippen molar-refractivity contribution < 1.29 is 4.79 Å². The SMILES string of the molecule is CC(CCCN)NC(=O)NC1CCCC1. The van der Waals surface area contributed by atoms with Gasteiger partial charge in [0, 0.05) is 12.1 Å². The lowest BCUT2D eigenvalue weighted by molar-refractivity contribution is 0.233. The molecule has 2 amide bonds. The molecule has 1 atom stereocenters. The van der Waals surface area contributed by atoms with E-state index in [1.54, 1.807) is 0 Å². The zero-order valence-electron chi connectivity index (χ0n) is 9.59. The fourth-order valence-electron chi connectivity index (χ4n) is 2.02.